The highest BCUT2D eigenvalue weighted by Crippen LogP contribution is 2.10. The van der Waals surface area contributed by atoms with Gasteiger partial charge in [0.05, 0.1) is 11.8 Å². The van der Waals surface area contributed by atoms with Crippen LogP contribution in [0.15, 0.2) is 48.8 Å². The maximum Gasteiger partial charge on any atom is 0.252 e. The van der Waals surface area contributed by atoms with Gasteiger partial charge in [-0.05, 0) is 24.6 Å². The second kappa shape index (κ2) is 8.03. The van der Waals surface area contributed by atoms with Crippen molar-refractivity contribution < 1.29 is 13.2 Å². The molecule has 7 heteroatoms. The van der Waals surface area contributed by atoms with Gasteiger partial charge >= 0.3 is 0 Å². The van der Waals surface area contributed by atoms with Gasteiger partial charge in [-0.25, -0.2) is 8.42 Å². The summed E-state index contributed by atoms with van der Waals surface area (Å²) in [5.41, 5.74) is 2.44. The Hall–Kier alpha value is -2.25. The van der Waals surface area contributed by atoms with E-state index in [-0.39, 0.29) is 25.5 Å². The minimum atomic E-state index is -3.37. The first-order valence-electron chi connectivity index (χ1n) is 7.55. The predicted molar refractivity (Wildman–Crippen MR) is 93.0 cm³/mol. The van der Waals surface area contributed by atoms with E-state index in [1.54, 1.807) is 18.3 Å². The van der Waals surface area contributed by atoms with Crippen LogP contribution in [0.5, 0.6) is 0 Å². The van der Waals surface area contributed by atoms with E-state index >= 15 is 0 Å². The summed E-state index contributed by atoms with van der Waals surface area (Å²) in [6.45, 7) is 2.68. The first-order chi connectivity index (χ1) is 11.4. The van der Waals surface area contributed by atoms with Crippen molar-refractivity contribution in [2.24, 2.45) is 0 Å². The van der Waals surface area contributed by atoms with Gasteiger partial charge in [0.1, 0.15) is 0 Å². The van der Waals surface area contributed by atoms with E-state index in [2.05, 4.69) is 10.3 Å². The van der Waals surface area contributed by atoms with Gasteiger partial charge in [0.25, 0.3) is 5.91 Å². The number of aryl methyl sites for hydroxylation is 1. The van der Waals surface area contributed by atoms with Gasteiger partial charge in [0.15, 0.2) is 0 Å². The summed E-state index contributed by atoms with van der Waals surface area (Å²) >= 11 is 0. The molecule has 0 atom stereocenters. The number of carbonyl (C=O) groups excluding carboxylic acids is 1. The van der Waals surface area contributed by atoms with Crippen LogP contribution in [0.4, 0.5) is 0 Å². The Morgan fingerprint density at radius 2 is 2.04 bits per heavy atom. The van der Waals surface area contributed by atoms with Crippen LogP contribution in [0, 0.1) is 6.92 Å². The van der Waals surface area contributed by atoms with Crippen LogP contribution in [0.2, 0.25) is 0 Å². The first-order valence-corrected chi connectivity index (χ1v) is 9.40. The normalized spacial score (nSPS) is 11.5. The number of nitrogens with one attached hydrogen (secondary N) is 1. The molecule has 2 rings (SSSR count). The average Bonchev–Trinajstić information content (AvgIpc) is 2.54. The number of amides is 1. The van der Waals surface area contributed by atoms with Crippen molar-refractivity contribution in [1.82, 2.24) is 14.6 Å². The van der Waals surface area contributed by atoms with Crippen LogP contribution >= 0.6 is 0 Å². The highest BCUT2D eigenvalue weighted by molar-refractivity contribution is 7.88. The summed E-state index contributed by atoms with van der Waals surface area (Å²) in [6, 6.07) is 11.0. The van der Waals surface area contributed by atoms with Crippen molar-refractivity contribution in [3.05, 3.63) is 65.5 Å². The SMILES string of the molecule is Cc1cccc(CN(CCNC(=O)c2cccnc2)S(C)(=O)=O)c1. The van der Waals surface area contributed by atoms with Crippen molar-refractivity contribution in [3.8, 4) is 0 Å². The third-order valence-corrected chi connectivity index (χ3v) is 4.73. The zero-order chi connectivity index (χ0) is 17.6. The number of benzene rings is 1. The van der Waals surface area contributed by atoms with E-state index < -0.39 is 10.0 Å². The highest BCUT2D eigenvalue weighted by Gasteiger charge is 2.17. The molecule has 0 radical (unpaired) electrons. The van der Waals surface area contributed by atoms with Crippen molar-refractivity contribution in [3.63, 3.8) is 0 Å². The molecule has 0 aliphatic carbocycles. The molecule has 24 heavy (non-hydrogen) atoms. The number of carbonyl (C=O) groups is 1. The molecule has 0 aliphatic heterocycles. The Labute approximate surface area is 142 Å². The maximum absolute atomic E-state index is 12.0. The summed E-state index contributed by atoms with van der Waals surface area (Å²) in [5, 5.41) is 2.71. The number of nitrogens with zero attached hydrogens (tertiary/aromatic N) is 2. The van der Waals surface area contributed by atoms with Crippen LogP contribution in [-0.2, 0) is 16.6 Å². The van der Waals surface area contributed by atoms with Crippen LogP contribution < -0.4 is 5.32 Å². The van der Waals surface area contributed by atoms with E-state index in [9.17, 15) is 13.2 Å². The van der Waals surface area contributed by atoms with E-state index in [4.69, 9.17) is 0 Å². The molecule has 1 heterocycles. The Kier molecular flexibility index (Phi) is 6.05. The number of hydrogen-bond acceptors (Lipinski definition) is 4. The fourth-order valence-electron chi connectivity index (χ4n) is 2.27. The lowest BCUT2D eigenvalue weighted by Crippen LogP contribution is -2.37. The minimum Gasteiger partial charge on any atom is -0.351 e. The lowest BCUT2D eigenvalue weighted by Gasteiger charge is -2.20. The van der Waals surface area contributed by atoms with Gasteiger partial charge in [-0.2, -0.15) is 4.31 Å². The lowest BCUT2D eigenvalue weighted by molar-refractivity contribution is 0.0951. The number of aromatic nitrogens is 1. The molecule has 0 fully saturated rings. The predicted octanol–water partition coefficient (Wildman–Crippen LogP) is 1.58. The van der Waals surface area contributed by atoms with Gasteiger partial charge < -0.3 is 5.32 Å². The molecular weight excluding hydrogens is 326 g/mol. The van der Waals surface area contributed by atoms with E-state index in [1.807, 2.05) is 31.2 Å². The summed E-state index contributed by atoms with van der Waals surface area (Å²) in [4.78, 5) is 15.8. The number of hydrogen-bond donors (Lipinski definition) is 1. The minimum absolute atomic E-state index is 0.207. The molecule has 1 amide bonds. The standard InChI is InChI=1S/C17H21N3O3S/c1-14-5-3-6-15(11-14)13-20(24(2,22)23)10-9-19-17(21)16-7-4-8-18-12-16/h3-8,11-12H,9-10,13H2,1-2H3,(H,19,21). The second-order valence-electron chi connectivity index (χ2n) is 5.58. The van der Waals surface area contributed by atoms with Crippen LogP contribution in [0.3, 0.4) is 0 Å². The summed E-state index contributed by atoms with van der Waals surface area (Å²) < 4.78 is 25.3. The molecule has 1 aromatic carbocycles. The third-order valence-electron chi connectivity index (χ3n) is 3.48. The van der Waals surface area contributed by atoms with Gasteiger partial charge in [-0.3, -0.25) is 9.78 Å². The molecule has 1 N–H and O–H groups in total. The van der Waals surface area contributed by atoms with Crippen molar-refractivity contribution in [2.75, 3.05) is 19.3 Å². The van der Waals surface area contributed by atoms with Gasteiger partial charge in [0, 0.05) is 32.0 Å². The molecule has 0 bridgehead atoms. The third kappa shape index (κ3) is 5.43. The van der Waals surface area contributed by atoms with E-state index in [1.165, 1.54) is 16.8 Å². The fraction of sp³-hybridized carbons (Fsp3) is 0.294. The largest absolute Gasteiger partial charge is 0.351 e. The zero-order valence-electron chi connectivity index (χ0n) is 13.8. The molecule has 2 aromatic rings. The average molecular weight is 347 g/mol. The van der Waals surface area contributed by atoms with Crippen molar-refractivity contribution in [2.45, 2.75) is 13.5 Å². The summed E-state index contributed by atoms with van der Waals surface area (Å²) in [7, 11) is -3.37. The quantitative estimate of drug-likeness (QED) is 0.825. The molecule has 0 saturated carbocycles. The van der Waals surface area contributed by atoms with Crippen LogP contribution in [-0.4, -0.2) is 43.0 Å². The molecule has 0 aliphatic rings. The van der Waals surface area contributed by atoms with Gasteiger partial charge in [-0.15, -0.1) is 0 Å². The van der Waals surface area contributed by atoms with Gasteiger partial charge in [-0.1, -0.05) is 29.8 Å². The smallest absolute Gasteiger partial charge is 0.252 e. The monoisotopic (exact) mass is 347 g/mol. The van der Waals surface area contributed by atoms with Gasteiger partial charge in [0.2, 0.25) is 10.0 Å². The van der Waals surface area contributed by atoms with Crippen molar-refractivity contribution >= 4 is 15.9 Å². The molecule has 0 saturated heterocycles. The van der Waals surface area contributed by atoms with Crippen LogP contribution in [0.25, 0.3) is 0 Å². The fourth-order valence-corrected chi connectivity index (χ4v) is 3.08. The topological polar surface area (TPSA) is 79.4 Å². The molecule has 1 aromatic heterocycles. The van der Waals surface area contributed by atoms with E-state index in [0.717, 1.165) is 11.1 Å². The Morgan fingerprint density at radius 1 is 1.25 bits per heavy atom. The number of pyridine rings is 1. The Bertz CT molecular complexity index is 792. The molecule has 128 valence electrons. The molecule has 0 unspecified atom stereocenters. The number of sulfonamides is 1. The molecular formula is C17H21N3O3S. The Morgan fingerprint density at radius 3 is 2.67 bits per heavy atom. The van der Waals surface area contributed by atoms with Crippen LogP contribution in [0.1, 0.15) is 21.5 Å². The summed E-state index contributed by atoms with van der Waals surface area (Å²) in [6.07, 6.45) is 4.23. The van der Waals surface area contributed by atoms with Crippen molar-refractivity contribution in [1.29, 1.82) is 0 Å². The summed E-state index contributed by atoms with van der Waals surface area (Å²) in [5.74, 6) is -0.271. The molecule has 0 spiro atoms. The molecule has 6 nitrogen and oxygen atoms in total. The Balaban J connectivity index is 1.96. The maximum atomic E-state index is 12.0. The van der Waals surface area contributed by atoms with E-state index in [0.29, 0.717) is 5.56 Å². The highest BCUT2D eigenvalue weighted by atomic mass is 32.2. The second-order valence-corrected chi connectivity index (χ2v) is 7.57. The zero-order valence-corrected chi connectivity index (χ0v) is 14.6. The lowest BCUT2D eigenvalue weighted by atomic mass is 10.1. The number of rotatable bonds is 7. The first kappa shape index (κ1) is 18.1.